The molecule has 0 bridgehead atoms. The summed E-state index contributed by atoms with van der Waals surface area (Å²) in [7, 11) is 0. The van der Waals surface area contributed by atoms with Crippen LogP contribution < -0.4 is 5.43 Å². The van der Waals surface area contributed by atoms with E-state index in [1.54, 1.807) is 12.3 Å². The second kappa shape index (κ2) is 6.75. The van der Waals surface area contributed by atoms with Crippen LogP contribution >= 0.6 is 11.3 Å². The SMILES string of the molecule is Oc1ccc2ccccc2c1/C=N/Nc1nc(-c2ccccc2)cs1. The lowest BCUT2D eigenvalue weighted by Crippen LogP contribution is -1.92. The first kappa shape index (κ1) is 15.4. The molecule has 4 nitrogen and oxygen atoms in total. The Balaban J connectivity index is 1.56. The van der Waals surface area contributed by atoms with Crippen LogP contribution in [0.1, 0.15) is 5.56 Å². The lowest BCUT2D eigenvalue weighted by molar-refractivity contribution is 0.475. The van der Waals surface area contributed by atoms with Gasteiger partial charge in [0.25, 0.3) is 0 Å². The number of phenols is 1. The number of nitrogens with one attached hydrogen (secondary N) is 1. The van der Waals surface area contributed by atoms with Crippen molar-refractivity contribution >= 4 is 33.5 Å². The third kappa shape index (κ3) is 3.22. The van der Waals surface area contributed by atoms with Gasteiger partial charge in [0.15, 0.2) is 0 Å². The van der Waals surface area contributed by atoms with Crippen molar-refractivity contribution in [3.63, 3.8) is 0 Å². The zero-order valence-corrected chi connectivity index (χ0v) is 14.1. The Hall–Kier alpha value is -3.18. The molecule has 0 fully saturated rings. The van der Waals surface area contributed by atoms with E-state index in [1.807, 2.05) is 66.0 Å². The summed E-state index contributed by atoms with van der Waals surface area (Å²) in [5.41, 5.74) is 5.61. The Kier molecular flexibility index (Phi) is 4.14. The minimum absolute atomic E-state index is 0.202. The molecule has 0 aliphatic rings. The summed E-state index contributed by atoms with van der Waals surface area (Å²) >= 11 is 1.49. The van der Waals surface area contributed by atoms with E-state index in [4.69, 9.17) is 0 Å². The number of fused-ring (bicyclic) bond motifs is 1. The molecule has 2 N–H and O–H groups in total. The Morgan fingerprint density at radius 2 is 1.76 bits per heavy atom. The molecule has 3 aromatic carbocycles. The molecule has 0 saturated carbocycles. The molecule has 0 spiro atoms. The Labute approximate surface area is 149 Å². The van der Waals surface area contributed by atoms with E-state index in [2.05, 4.69) is 15.5 Å². The van der Waals surface area contributed by atoms with E-state index in [0.717, 1.165) is 22.0 Å². The second-order valence-electron chi connectivity index (χ2n) is 5.49. The summed E-state index contributed by atoms with van der Waals surface area (Å²) in [6.07, 6.45) is 1.63. The number of rotatable bonds is 4. The number of hydrogen-bond donors (Lipinski definition) is 2. The zero-order chi connectivity index (χ0) is 17.1. The monoisotopic (exact) mass is 345 g/mol. The van der Waals surface area contributed by atoms with Gasteiger partial charge in [-0.05, 0) is 16.8 Å². The van der Waals surface area contributed by atoms with Crippen LogP contribution in [0.5, 0.6) is 5.75 Å². The summed E-state index contributed by atoms with van der Waals surface area (Å²) in [6, 6.07) is 21.5. The second-order valence-corrected chi connectivity index (χ2v) is 6.35. The van der Waals surface area contributed by atoms with Gasteiger partial charge >= 0.3 is 0 Å². The average molecular weight is 345 g/mol. The Morgan fingerprint density at radius 1 is 0.960 bits per heavy atom. The lowest BCUT2D eigenvalue weighted by Gasteiger charge is -2.04. The number of thiazole rings is 1. The molecule has 0 saturated heterocycles. The number of nitrogens with zero attached hydrogens (tertiary/aromatic N) is 2. The molecule has 0 unspecified atom stereocenters. The number of phenolic OH excluding ortho intramolecular Hbond substituents is 1. The molecule has 0 radical (unpaired) electrons. The fraction of sp³-hybridized carbons (Fsp3) is 0. The smallest absolute Gasteiger partial charge is 0.203 e. The van der Waals surface area contributed by atoms with Gasteiger partial charge in [-0.2, -0.15) is 5.10 Å². The van der Waals surface area contributed by atoms with Gasteiger partial charge in [-0.1, -0.05) is 60.7 Å². The lowest BCUT2D eigenvalue weighted by atomic mass is 10.0. The number of hydrogen-bond acceptors (Lipinski definition) is 5. The first-order valence-electron chi connectivity index (χ1n) is 7.82. The minimum atomic E-state index is 0.202. The normalized spacial score (nSPS) is 11.2. The van der Waals surface area contributed by atoms with Crippen molar-refractivity contribution in [2.75, 3.05) is 5.43 Å². The van der Waals surface area contributed by atoms with Gasteiger partial charge in [-0.3, -0.25) is 5.43 Å². The molecule has 1 heterocycles. The van der Waals surface area contributed by atoms with Crippen LogP contribution in [0.2, 0.25) is 0 Å². The van der Waals surface area contributed by atoms with Crippen LogP contribution in [0.4, 0.5) is 5.13 Å². The Bertz CT molecular complexity index is 1040. The maximum absolute atomic E-state index is 10.1. The van der Waals surface area contributed by atoms with E-state index in [1.165, 1.54) is 11.3 Å². The minimum Gasteiger partial charge on any atom is -0.507 e. The van der Waals surface area contributed by atoms with Crippen LogP contribution in [0.3, 0.4) is 0 Å². The molecular weight excluding hydrogens is 330 g/mol. The van der Waals surface area contributed by atoms with Crippen LogP contribution in [0, 0.1) is 0 Å². The predicted molar refractivity (Wildman–Crippen MR) is 104 cm³/mol. The van der Waals surface area contributed by atoms with E-state index in [0.29, 0.717) is 10.7 Å². The average Bonchev–Trinajstić information content (AvgIpc) is 3.13. The highest BCUT2D eigenvalue weighted by Gasteiger charge is 2.05. The third-order valence-electron chi connectivity index (χ3n) is 3.88. The Morgan fingerprint density at radius 3 is 2.64 bits per heavy atom. The largest absolute Gasteiger partial charge is 0.507 e. The molecule has 122 valence electrons. The number of anilines is 1. The van der Waals surface area contributed by atoms with E-state index < -0.39 is 0 Å². The van der Waals surface area contributed by atoms with E-state index in [-0.39, 0.29) is 5.75 Å². The quantitative estimate of drug-likeness (QED) is 0.399. The summed E-state index contributed by atoms with van der Waals surface area (Å²) in [5.74, 6) is 0.202. The van der Waals surface area contributed by atoms with Crippen LogP contribution in [-0.4, -0.2) is 16.3 Å². The molecule has 0 aliphatic heterocycles. The number of hydrazone groups is 1. The fourth-order valence-corrected chi connectivity index (χ4v) is 3.31. The fourth-order valence-electron chi connectivity index (χ4n) is 2.64. The first-order chi connectivity index (χ1) is 12.3. The molecule has 4 rings (SSSR count). The molecule has 0 aliphatic carbocycles. The number of benzene rings is 3. The van der Waals surface area contributed by atoms with Crippen molar-refractivity contribution in [1.82, 2.24) is 4.98 Å². The highest BCUT2D eigenvalue weighted by molar-refractivity contribution is 7.14. The van der Waals surface area contributed by atoms with Gasteiger partial charge in [-0.15, -0.1) is 11.3 Å². The highest BCUT2D eigenvalue weighted by atomic mass is 32.1. The van der Waals surface area contributed by atoms with E-state index >= 15 is 0 Å². The van der Waals surface area contributed by atoms with Gasteiger partial charge in [0.2, 0.25) is 5.13 Å². The molecule has 0 amide bonds. The van der Waals surface area contributed by atoms with Crippen molar-refractivity contribution in [3.8, 4) is 17.0 Å². The van der Waals surface area contributed by atoms with Crippen molar-refractivity contribution in [3.05, 3.63) is 77.7 Å². The highest BCUT2D eigenvalue weighted by Crippen LogP contribution is 2.26. The maximum Gasteiger partial charge on any atom is 0.203 e. The van der Waals surface area contributed by atoms with Crippen molar-refractivity contribution in [1.29, 1.82) is 0 Å². The van der Waals surface area contributed by atoms with Crippen LogP contribution in [-0.2, 0) is 0 Å². The molecule has 0 atom stereocenters. The molecule has 1 aromatic heterocycles. The van der Waals surface area contributed by atoms with Gasteiger partial charge in [0, 0.05) is 16.5 Å². The summed E-state index contributed by atoms with van der Waals surface area (Å²) in [4.78, 5) is 4.53. The zero-order valence-electron chi connectivity index (χ0n) is 13.3. The topological polar surface area (TPSA) is 57.5 Å². The molecular formula is C20H15N3OS. The van der Waals surface area contributed by atoms with Gasteiger partial charge < -0.3 is 5.11 Å². The van der Waals surface area contributed by atoms with Crippen molar-refractivity contribution in [2.45, 2.75) is 0 Å². The molecule has 5 heteroatoms. The summed E-state index contributed by atoms with van der Waals surface area (Å²) in [6.45, 7) is 0. The number of aromatic nitrogens is 1. The van der Waals surface area contributed by atoms with Crippen molar-refractivity contribution in [2.24, 2.45) is 5.10 Å². The van der Waals surface area contributed by atoms with Gasteiger partial charge in [-0.25, -0.2) is 4.98 Å². The van der Waals surface area contributed by atoms with Crippen molar-refractivity contribution < 1.29 is 5.11 Å². The summed E-state index contributed by atoms with van der Waals surface area (Å²) < 4.78 is 0. The van der Waals surface area contributed by atoms with Gasteiger partial charge in [0.05, 0.1) is 11.9 Å². The molecule has 4 aromatic rings. The molecule has 25 heavy (non-hydrogen) atoms. The third-order valence-corrected chi connectivity index (χ3v) is 4.62. The van der Waals surface area contributed by atoms with Gasteiger partial charge in [0.1, 0.15) is 5.75 Å². The van der Waals surface area contributed by atoms with Crippen LogP contribution in [0.25, 0.3) is 22.0 Å². The number of aromatic hydroxyl groups is 1. The predicted octanol–water partition coefficient (Wildman–Crippen LogP) is 5.11. The van der Waals surface area contributed by atoms with Crippen LogP contribution in [0.15, 0.2) is 77.2 Å². The van der Waals surface area contributed by atoms with E-state index in [9.17, 15) is 5.11 Å². The standard InChI is InChI=1S/C20H15N3OS/c24-19-11-10-14-6-4-5-9-16(14)17(19)12-21-23-20-22-18(13-25-20)15-7-2-1-3-8-15/h1-13,24H,(H,22,23)/b21-12+. The summed E-state index contributed by atoms with van der Waals surface area (Å²) in [5, 5.41) is 19.1. The maximum atomic E-state index is 10.1. The first-order valence-corrected chi connectivity index (χ1v) is 8.70.